The van der Waals surface area contributed by atoms with E-state index in [1.807, 2.05) is 0 Å². The van der Waals surface area contributed by atoms with Gasteiger partial charge in [-0.15, -0.1) is 13.2 Å². The van der Waals surface area contributed by atoms with Gasteiger partial charge in [-0.3, -0.25) is 4.79 Å². The van der Waals surface area contributed by atoms with Crippen molar-refractivity contribution < 1.29 is 22.7 Å². The molecule has 1 saturated heterocycles. The SMILES string of the molecule is O=C(NC1CCNCC1)C1CC1c1ccccc1OC(F)(F)F. The van der Waals surface area contributed by atoms with Crippen LogP contribution >= 0.6 is 0 Å². The number of halogens is 3. The third-order valence-electron chi connectivity index (χ3n) is 4.36. The molecular weight excluding hydrogens is 309 g/mol. The molecule has 2 aliphatic rings. The largest absolute Gasteiger partial charge is 0.573 e. The zero-order valence-electron chi connectivity index (χ0n) is 12.5. The van der Waals surface area contributed by atoms with Crippen molar-refractivity contribution in [3.05, 3.63) is 29.8 Å². The van der Waals surface area contributed by atoms with E-state index >= 15 is 0 Å². The standard InChI is InChI=1S/C16H19F3N2O2/c17-16(18,19)23-14-4-2-1-3-11(14)12-9-13(12)15(22)21-10-5-7-20-8-6-10/h1-4,10,12-13,20H,5-9H2,(H,21,22). The number of hydrogen-bond acceptors (Lipinski definition) is 3. The number of piperidine rings is 1. The van der Waals surface area contributed by atoms with Crippen LogP contribution in [0.2, 0.25) is 0 Å². The lowest BCUT2D eigenvalue weighted by atomic mass is 10.1. The van der Waals surface area contributed by atoms with Crippen LogP contribution < -0.4 is 15.4 Å². The third-order valence-corrected chi connectivity index (χ3v) is 4.36. The lowest BCUT2D eigenvalue weighted by Crippen LogP contribution is -2.43. The first-order valence-electron chi connectivity index (χ1n) is 7.80. The van der Waals surface area contributed by atoms with E-state index in [4.69, 9.17) is 0 Å². The molecule has 1 saturated carbocycles. The van der Waals surface area contributed by atoms with Gasteiger partial charge in [-0.2, -0.15) is 0 Å². The predicted molar refractivity (Wildman–Crippen MR) is 78.0 cm³/mol. The van der Waals surface area contributed by atoms with Crippen LogP contribution in [0, 0.1) is 5.92 Å². The molecule has 1 aromatic rings. The summed E-state index contributed by atoms with van der Waals surface area (Å²) in [6.45, 7) is 1.75. The average molecular weight is 328 g/mol. The molecule has 0 spiro atoms. The molecule has 0 radical (unpaired) electrons. The molecule has 7 heteroatoms. The molecule has 1 aliphatic heterocycles. The van der Waals surface area contributed by atoms with E-state index in [1.54, 1.807) is 12.1 Å². The number of alkyl halides is 3. The second-order valence-corrected chi connectivity index (χ2v) is 6.07. The van der Waals surface area contributed by atoms with E-state index in [2.05, 4.69) is 15.4 Å². The number of hydrogen-bond donors (Lipinski definition) is 2. The Morgan fingerprint density at radius 2 is 1.91 bits per heavy atom. The van der Waals surface area contributed by atoms with Gasteiger partial charge in [-0.1, -0.05) is 18.2 Å². The molecule has 0 bridgehead atoms. The van der Waals surface area contributed by atoms with Crippen LogP contribution in [-0.2, 0) is 4.79 Å². The maximum atomic E-state index is 12.5. The van der Waals surface area contributed by atoms with Crippen molar-refractivity contribution in [3.8, 4) is 5.75 Å². The fourth-order valence-electron chi connectivity index (χ4n) is 3.11. The molecule has 1 heterocycles. The Hall–Kier alpha value is -1.76. The Kier molecular flexibility index (Phi) is 4.48. The highest BCUT2D eigenvalue weighted by Crippen LogP contribution is 2.51. The fourth-order valence-corrected chi connectivity index (χ4v) is 3.11. The smallest absolute Gasteiger partial charge is 0.405 e. The summed E-state index contributed by atoms with van der Waals surface area (Å²) in [4.78, 5) is 12.3. The van der Waals surface area contributed by atoms with Crippen molar-refractivity contribution in [2.45, 2.75) is 37.6 Å². The van der Waals surface area contributed by atoms with Gasteiger partial charge in [-0.25, -0.2) is 0 Å². The topological polar surface area (TPSA) is 50.4 Å². The molecule has 2 fully saturated rings. The van der Waals surface area contributed by atoms with Crippen LogP contribution in [-0.4, -0.2) is 31.4 Å². The average Bonchev–Trinajstić information content (AvgIpc) is 3.28. The summed E-state index contributed by atoms with van der Waals surface area (Å²) >= 11 is 0. The van der Waals surface area contributed by atoms with Gasteiger partial charge < -0.3 is 15.4 Å². The second-order valence-electron chi connectivity index (χ2n) is 6.07. The van der Waals surface area contributed by atoms with Crippen LogP contribution in [0.25, 0.3) is 0 Å². The minimum absolute atomic E-state index is 0.0660. The maximum absolute atomic E-state index is 12.5. The number of para-hydroxylation sites is 1. The molecule has 1 aliphatic carbocycles. The summed E-state index contributed by atoms with van der Waals surface area (Å²) < 4.78 is 41.5. The van der Waals surface area contributed by atoms with E-state index in [-0.39, 0.29) is 29.5 Å². The van der Waals surface area contributed by atoms with E-state index < -0.39 is 6.36 Å². The number of carbonyl (C=O) groups is 1. The number of nitrogens with one attached hydrogen (secondary N) is 2. The quantitative estimate of drug-likeness (QED) is 0.893. The maximum Gasteiger partial charge on any atom is 0.573 e. The molecule has 126 valence electrons. The molecule has 2 unspecified atom stereocenters. The highest BCUT2D eigenvalue weighted by atomic mass is 19.4. The van der Waals surface area contributed by atoms with Gasteiger partial charge in [0.25, 0.3) is 0 Å². The number of amides is 1. The van der Waals surface area contributed by atoms with E-state index in [0.29, 0.717) is 12.0 Å². The Balaban J connectivity index is 1.62. The van der Waals surface area contributed by atoms with Crippen LogP contribution in [0.5, 0.6) is 5.75 Å². The number of carbonyl (C=O) groups excluding carboxylic acids is 1. The van der Waals surface area contributed by atoms with Crippen molar-refractivity contribution >= 4 is 5.91 Å². The Labute approximate surface area is 132 Å². The molecular formula is C16H19F3N2O2. The Morgan fingerprint density at radius 3 is 2.61 bits per heavy atom. The van der Waals surface area contributed by atoms with Gasteiger partial charge in [0.2, 0.25) is 5.91 Å². The summed E-state index contributed by atoms with van der Waals surface area (Å²) in [5.74, 6) is -0.732. The monoisotopic (exact) mass is 328 g/mol. The molecule has 23 heavy (non-hydrogen) atoms. The fraction of sp³-hybridized carbons (Fsp3) is 0.562. The Morgan fingerprint density at radius 1 is 1.22 bits per heavy atom. The van der Waals surface area contributed by atoms with Crippen molar-refractivity contribution in [1.29, 1.82) is 0 Å². The van der Waals surface area contributed by atoms with Crippen LogP contribution in [0.4, 0.5) is 13.2 Å². The molecule has 4 nitrogen and oxygen atoms in total. The normalized spacial score (nSPS) is 25.0. The summed E-state index contributed by atoms with van der Waals surface area (Å²) in [5, 5.41) is 6.23. The van der Waals surface area contributed by atoms with Gasteiger partial charge >= 0.3 is 6.36 Å². The van der Waals surface area contributed by atoms with Gasteiger partial charge in [0.15, 0.2) is 0 Å². The first kappa shape index (κ1) is 16.1. The van der Waals surface area contributed by atoms with E-state index in [0.717, 1.165) is 25.9 Å². The molecule has 2 N–H and O–H groups in total. The summed E-state index contributed by atoms with van der Waals surface area (Å²) in [7, 11) is 0. The van der Waals surface area contributed by atoms with Crippen molar-refractivity contribution in [3.63, 3.8) is 0 Å². The Bertz CT molecular complexity index is 571. The summed E-state index contributed by atoms with van der Waals surface area (Å²) in [6, 6.07) is 6.22. The van der Waals surface area contributed by atoms with Gasteiger partial charge in [-0.05, 0) is 49.9 Å². The zero-order valence-corrected chi connectivity index (χ0v) is 12.5. The van der Waals surface area contributed by atoms with Crippen molar-refractivity contribution in [2.24, 2.45) is 5.92 Å². The first-order chi connectivity index (χ1) is 10.9. The molecule has 2 atom stereocenters. The molecule has 3 rings (SSSR count). The third kappa shape index (κ3) is 4.16. The molecule has 1 aromatic carbocycles. The number of ether oxygens (including phenoxy) is 1. The second kappa shape index (κ2) is 6.39. The van der Waals surface area contributed by atoms with Crippen molar-refractivity contribution in [2.75, 3.05) is 13.1 Å². The van der Waals surface area contributed by atoms with Gasteiger partial charge in [0.05, 0.1) is 0 Å². The van der Waals surface area contributed by atoms with Gasteiger partial charge in [0.1, 0.15) is 5.75 Å². The highest BCUT2D eigenvalue weighted by molar-refractivity contribution is 5.83. The van der Waals surface area contributed by atoms with E-state index in [1.165, 1.54) is 12.1 Å². The van der Waals surface area contributed by atoms with Crippen LogP contribution in [0.1, 0.15) is 30.7 Å². The lowest BCUT2D eigenvalue weighted by molar-refractivity contribution is -0.274. The molecule has 1 amide bonds. The minimum atomic E-state index is -4.72. The predicted octanol–water partition coefficient (Wildman–Crippen LogP) is 2.56. The minimum Gasteiger partial charge on any atom is -0.405 e. The summed E-state index contributed by atoms with van der Waals surface area (Å²) in [6.07, 6.45) is -2.39. The van der Waals surface area contributed by atoms with Crippen molar-refractivity contribution in [1.82, 2.24) is 10.6 Å². The van der Waals surface area contributed by atoms with Gasteiger partial charge in [0, 0.05) is 12.0 Å². The summed E-state index contributed by atoms with van der Waals surface area (Å²) in [5.41, 5.74) is 0.454. The van der Waals surface area contributed by atoms with E-state index in [9.17, 15) is 18.0 Å². The first-order valence-corrected chi connectivity index (χ1v) is 7.80. The van der Waals surface area contributed by atoms with Crippen LogP contribution in [0.3, 0.4) is 0 Å². The lowest BCUT2D eigenvalue weighted by Gasteiger charge is -2.23. The highest BCUT2D eigenvalue weighted by Gasteiger charge is 2.46. The molecule has 0 aromatic heterocycles. The number of benzene rings is 1. The number of rotatable bonds is 4. The zero-order chi connectivity index (χ0) is 16.4. The van der Waals surface area contributed by atoms with Crippen LogP contribution in [0.15, 0.2) is 24.3 Å².